The fourth-order valence-electron chi connectivity index (χ4n) is 1.54. The Morgan fingerprint density at radius 1 is 1.35 bits per heavy atom. The summed E-state index contributed by atoms with van der Waals surface area (Å²) in [5.41, 5.74) is 0. The van der Waals surface area contributed by atoms with Crippen LogP contribution < -0.4 is 10.6 Å². The summed E-state index contributed by atoms with van der Waals surface area (Å²) in [7, 11) is 0. The maximum absolute atomic E-state index is 12.1. The normalized spacial score (nSPS) is 11.9. The summed E-state index contributed by atoms with van der Waals surface area (Å²) in [6.07, 6.45) is 3.42. The zero-order chi connectivity index (χ0) is 15.0. The highest BCUT2D eigenvalue weighted by Crippen LogP contribution is 2.09. The van der Waals surface area contributed by atoms with Crippen LogP contribution >= 0.6 is 23.1 Å². The maximum atomic E-state index is 12.1. The second-order valence-corrected chi connectivity index (χ2v) is 6.33. The Balaban J connectivity index is 2.49. The number of nitrogens with one attached hydrogen (secondary N) is 2. The number of thioether (sulfide) groups is 1. The monoisotopic (exact) mass is 316 g/mol. The second kappa shape index (κ2) is 8.91. The number of carbonyl (C=O) groups excluding carboxylic acids is 2. The third-order valence-electron chi connectivity index (χ3n) is 2.53. The van der Waals surface area contributed by atoms with Gasteiger partial charge in [-0.25, -0.2) is 0 Å². The van der Waals surface area contributed by atoms with Crippen molar-refractivity contribution in [2.24, 2.45) is 0 Å². The molecule has 20 heavy (non-hydrogen) atoms. The van der Waals surface area contributed by atoms with Crippen molar-refractivity contribution in [2.75, 3.05) is 12.0 Å². The highest BCUT2D eigenvalue weighted by molar-refractivity contribution is 7.98. The summed E-state index contributed by atoms with van der Waals surface area (Å²) < 4.78 is 0. The lowest BCUT2D eigenvalue weighted by Crippen LogP contribution is -2.46. The zero-order valence-corrected chi connectivity index (χ0v) is 13.6. The summed E-state index contributed by atoms with van der Waals surface area (Å²) in [4.78, 5) is 23.2. The molecule has 1 aromatic heterocycles. The Hall–Kier alpha value is -1.15. The van der Waals surface area contributed by atoms with Crippen molar-refractivity contribution in [3.63, 3.8) is 0 Å². The lowest BCUT2D eigenvalue weighted by Gasteiger charge is -2.16. The van der Waals surface area contributed by atoms with Gasteiger partial charge in [-0.05, 0) is 24.9 Å². The van der Waals surface area contributed by atoms with Crippen LogP contribution in [0.15, 0.2) is 0 Å². The molecule has 1 atom stereocenters. The lowest BCUT2D eigenvalue weighted by molar-refractivity contribution is -0.128. The quantitative estimate of drug-likeness (QED) is 0.747. The Bertz CT molecular complexity index is 450. The van der Waals surface area contributed by atoms with E-state index in [1.807, 2.05) is 13.2 Å². The number of aryl methyl sites for hydroxylation is 1. The summed E-state index contributed by atoms with van der Waals surface area (Å²) >= 11 is 3.13. The van der Waals surface area contributed by atoms with E-state index in [0.717, 1.165) is 22.2 Å². The van der Waals surface area contributed by atoms with Crippen LogP contribution in [0, 0.1) is 0 Å². The number of carbonyl (C=O) groups is 2. The van der Waals surface area contributed by atoms with Gasteiger partial charge in [0.15, 0.2) is 0 Å². The highest BCUT2D eigenvalue weighted by atomic mass is 32.2. The summed E-state index contributed by atoms with van der Waals surface area (Å²) in [5.74, 6) is 0.440. The minimum absolute atomic E-state index is 0.178. The van der Waals surface area contributed by atoms with Crippen LogP contribution in [-0.4, -0.2) is 40.1 Å². The zero-order valence-electron chi connectivity index (χ0n) is 11.9. The van der Waals surface area contributed by atoms with E-state index in [-0.39, 0.29) is 11.8 Å². The fraction of sp³-hybridized carbons (Fsp3) is 0.667. The van der Waals surface area contributed by atoms with E-state index in [1.54, 1.807) is 11.8 Å². The van der Waals surface area contributed by atoms with Gasteiger partial charge in [0.05, 0.1) is 6.54 Å². The molecule has 0 aliphatic rings. The highest BCUT2D eigenvalue weighted by Gasteiger charge is 2.19. The van der Waals surface area contributed by atoms with Crippen LogP contribution in [0.2, 0.25) is 0 Å². The number of amides is 2. The molecule has 0 saturated heterocycles. The van der Waals surface area contributed by atoms with Gasteiger partial charge >= 0.3 is 0 Å². The van der Waals surface area contributed by atoms with E-state index in [0.29, 0.717) is 13.0 Å². The van der Waals surface area contributed by atoms with Gasteiger partial charge in [-0.2, -0.15) is 11.8 Å². The Labute approximate surface area is 127 Å². The molecule has 1 aromatic rings. The van der Waals surface area contributed by atoms with Gasteiger partial charge in [0.2, 0.25) is 11.8 Å². The van der Waals surface area contributed by atoms with Crippen molar-refractivity contribution in [1.82, 2.24) is 20.8 Å². The first-order valence-electron chi connectivity index (χ1n) is 6.41. The van der Waals surface area contributed by atoms with Crippen LogP contribution in [0.4, 0.5) is 0 Å². The molecule has 2 amide bonds. The van der Waals surface area contributed by atoms with E-state index in [1.165, 1.54) is 18.3 Å². The molecule has 0 saturated carbocycles. The van der Waals surface area contributed by atoms with Gasteiger partial charge in [0, 0.05) is 6.92 Å². The number of nitrogens with zero attached hydrogens (tertiary/aromatic N) is 2. The minimum Gasteiger partial charge on any atom is -0.348 e. The van der Waals surface area contributed by atoms with Gasteiger partial charge < -0.3 is 10.6 Å². The third kappa shape index (κ3) is 5.87. The number of rotatable bonds is 8. The molecule has 0 fully saturated rings. The minimum atomic E-state index is -0.487. The first kappa shape index (κ1) is 16.9. The fourth-order valence-corrected chi connectivity index (χ4v) is 2.73. The molecule has 0 aliphatic carbocycles. The largest absolute Gasteiger partial charge is 0.348 e. The average molecular weight is 316 g/mol. The summed E-state index contributed by atoms with van der Waals surface area (Å²) in [6.45, 7) is 3.78. The van der Waals surface area contributed by atoms with Gasteiger partial charge in [0.25, 0.3) is 0 Å². The van der Waals surface area contributed by atoms with Gasteiger partial charge in [-0.3, -0.25) is 9.59 Å². The molecule has 1 rings (SSSR count). The van der Waals surface area contributed by atoms with E-state index in [4.69, 9.17) is 0 Å². The lowest BCUT2D eigenvalue weighted by atomic mass is 10.2. The molecule has 0 aromatic carbocycles. The molecular formula is C12H20N4O2S2. The van der Waals surface area contributed by atoms with Crippen LogP contribution in [0.5, 0.6) is 0 Å². The number of hydrogen-bond donors (Lipinski definition) is 2. The topological polar surface area (TPSA) is 84.0 Å². The van der Waals surface area contributed by atoms with Crippen molar-refractivity contribution in [2.45, 2.75) is 39.3 Å². The molecule has 0 bridgehead atoms. The van der Waals surface area contributed by atoms with Crippen molar-refractivity contribution >= 4 is 34.9 Å². The SMILES string of the molecule is CCc1nnc(CNC(=O)[C@H](CCSC)NC(C)=O)s1. The van der Waals surface area contributed by atoms with Crippen molar-refractivity contribution < 1.29 is 9.59 Å². The standard InChI is InChI=1S/C12H20N4O2S2/c1-4-10-15-16-11(20-10)7-13-12(18)9(5-6-19-3)14-8(2)17/h9H,4-7H2,1-3H3,(H,13,18)(H,14,17)/t9-/m0/s1. The van der Waals surface area contributed by atoms with Crippen molar-refractivity contribution in [3.8, 4) is 0 Å². The van der Waals surface area contributed by atoms with E-state index in [9.17, 15) is 9.59 Å². The smallest absolute Gasteiger partial charge is 0.242 e. The predicted octanol–water partition coefficient (Wildman–Crippen LogP) is 0.974. The summed E-state index contributed by atoms with van der Waals surface area (Å²) in [6, 6.07) is -0.487. The molecule has 8 heteroatoms. The van der Waals surface area contributed by atoms with Gasteiger partial charge in [0.1, 0.15) is 16.1 Å². The Morgan fingerprint density at radius 3 is 2.60 bits per heavy atom. The van der Waals surface area contributed by atoms with Crippen molar-refractivity contribution in [3.05, 3.63) is 10.0 Å². The third-order valence-corrected chi connectivity index (χ3v) is 4.24. The molecule has 0 aliphatic heterocycles. The van der Waals surface area contributed by atoms with E-state index >= 15 is 0 Å². The number of hydrogen-bond acceptors (Lipinski definition) is 6. The number of aromatic nitrogens is 2. The molecular weight excluding hydrogens is 296 g/mol. The molecule has 0 unspecified atom stereocenters. The molecule has 0 radical (unpaired) electrons. The molecule has 0 spiro atoms. The molecule has 6 nitrogen and oxygen atoms in total. The second-order valence-electron chi connectivity index (χ2n) is 4.20. The van der Waals surface area contributed by atoms with Crippen LogP contribution in [0.1, 0.15) is 30.3 Å². The van der Waals surface area contributed by atoms with Crippen molar-refractivity contribution in [1.29, 1.82) is 0 Å². The van der Waals surface area contributed by atoms with Crippen LogP contribution in [-0.2, 0) is 22.6 Å². The maximum Gasteiger partial charge on any atom is 0.242 e. The first-order chi connectivity index (χ1) is 9.56. The summed E-state index contributed by atoms with van der Waals surface area (Å²) in [5, 5.41) is 15.2. The predicted molar refractivity (Wildman–Crippen MR) is 81.7 cm³/mol. The van der Waals surface area contributed by atoms with E-state index in [2.05, 4.69) is 20.8 Å². The van der Waals surface area contributed by atoms with E-state index < -0.39 is 6.04 Å². The van der Waals surface area contributed by atoms with Gasteiger partial charge in [-0.1, -0.05) is 18.3 Å². The Morgan fingerprint density at radius 2 is 2.05 bits per heavy atom. The molecule has 112 valence electrons. The van der Waals surface area contributed by atoms with Crippen LogP contribution in [0.3, 0.4) is 0 Å². The average Bonchev–Trinajstić information content (AvgIpc) is 2.88. The van der Waals surface area contributed by atoms with Gasteiger partial charge in [-0.15, -0.1) is 10.2 Å². The Kier molecular flexibility index (Phi) is 7.53. The molecule has 2 N–H and O–H groups in total. The first-order valence-corrected chi connectivity index (χ1v) is 8.62. The van der Waals surface area contributed by atoms with Crippen LogP contribution in [0.25, 0.3) is 0 Å². The molecule has 1 heterocycles.